The van der Waals surface area contributed by atoms with Gasteiger partial charge in [0.1, 0.15) is 5.82 Å². The molecule has 37 heavy (non-hydrogen) atoms. The third kappa shape index (κ3) is 6.38. The molecule has 4 aromatic rings. The number of hydrogen-bond donors (Lipinski definition) is 1. The fraction of sp³-hybridized carbons (Fsp3) is 0.200. The van der Waals surface area contributed by atoms with Crippen LogP contribution in [0.5, 0.6) is 0 Å². The van der Waals surface area contributed by atoms with Crippen LogP contribution in [0, 0.1) is 12.7 Å². The predicted molar refractivity (Wildman–Crippen MR) is 132 cm³/mol. The Kier molecular flexibility index (Phi) is 7.72. The molecular weight excluding hydrogens is 528 g/mol. The molecule has 0 amide bonds. The van der Waals surface area contributed by atoms with Crippen LogP contribution in [0.25, 0.3) is 5.69 Å². The van der Waals surface area contributed by atoms with Crippen LogP contribution < -0.4 is 4.72 Å². The lowest BCUT2D eigenvalue weighted by Gasteiger charge is -2.17. The third-order valence-corrected chi connectivity index (χ3v) is 7.96. The molecule has 1 atom stereocenters. The second kappa shape index (κ2) is 10.6. The fourth-order valence-electron chi connectivity index (χ4n) is 3.51. The summed E-state index contributed by atoms with van der Waals surface area (Å²) in [5, 5.41) is 8.90. The van der Waals surface area contributed by atoms with E-state index >= 15 is 0 Å². The van der Waals surface area contributed by atoms with Crippen LogP contribution in [0.1, 0.15) is 35.5 Å². The van der Waals surface area contributed by atoms with Crippen molar-refractivity contribution in [2.24, 2.45) is 0 Å². The fourth-order valence-corrected chi connectivity index (χ4v) is 5.67. The zero-order valence-electron chi connectivity index (χ0n) is 19.7. The maximum absolute atomic E-state index is 13.3. The van der Waals surface area contributed by atoms with Crippen LogP contribution in [0.2, 0.25) is 0 Å². The Morgan fingerprint density at radius 3 is 2.32 bits per heavy atom. The number of benzene rings is 3. The third-order valence-electron chi connectivity index (χ3n) is 5.42. The minimum absolute atomic E-state index is 0.251. The first kappa shape index (κ1) is 26.8. The van der Waals surface area contributed by atoms with E-state index in [-0.39, 0.29) is 11.6 Å². The molecule has 0 spiro atoms. The molecule has 4 rings (SSSR count). The van der Waals surface area contributed by atoms with Gasteiger partial charge in [-0.1, -0.05) is 47.7 Å². The van der Waals surface area contributed by atoms with Gasteiger partial charge < -0.3 is 0 Å². The molecule has 0 radical (unpaired) electrons. The van der Waals surface area contributed by atoms with Crippen molar-refractivity contribution < 1.29 is 26.0 Å². The summed E-state index contributed by atoms with van der Waals surface area (Å²) in [6.45, 7) is 3.46. The highest BCUT2D eigenvalue weighted by atomic mass is 32.2. The molecule has 0 aliphatic carbocycles. The summed E-state index contributed by atoms with van der Waals surface area (Å²) < 4.78 is 82.6. The molecular formula is C25H22F4N4O2S2. The van der Waals surface area contributed by atoms with E-state index in [1.165, 1.54) is 30.8 Å². The van der Waals surface area contributed by atoms with E-state index in [1.807, 2.05) is 31.2 Å². The van der Waals surface area contributed by atoms with Crippen LogP contribution >= 0.6 is 11.8 Å². The summed E-state index contributed by atoms with van der Waals surface area (Å²) in [6.07, 6.45) is -4.68. The molecule has 1 N–H and O–H groups in total. The number of nitrogens with zero attached hydrogens (tertiary/aromatic N) is 3. The number of alkyl halides is 3. The van der Waals surface area contributed by atoms with Crippen molar-refractivity contribution in [1.29, 1.82) is 0 Å². The summed E-state index contributed by atoms with van der Waals surface area (Å²) in [6, 6.07) is 16.0. The van der Waals surface area contributed by atoms with E-state index in [1.54, 1.807) is 16.7 Å². The molecule has 0 fully saturated rings. The zero-order valence-corrected chi connectivity index (χ0v) is 21.3. The van der Waals surface area contributed by atoms with Crippen LogP contribution in [-0.2, 0) is 22.0 Å². The average molecular weight is 551 g/mol. The Hall–Kier alpha value is -3.22. The number of rotatable bonds is 8. The van der Waals surface area contributed by atoms with Gasteiger partial charge in [0.05, 0.1) is 16.5 Å². The van der Waals surface area contributed by atoms with Crippen molar-refractivity contribution in [3.05, 3.63) is 101 Å². The Morgan fingerprint density at radius 2 is 1.68 bits per heavy atom. The molecule has 0 aliphatic heterocycles. The van der Waals surface area contributed by atoms with Gasteiger partial charge in [0.15, 0.2) is 11.0 Å². The topological polar surface area (TPSA) is 76.9 Å². The zero-order chi connectivity index (χ0) is 26.8. The molecule has 0 saturated heterocycles. The standard InChI is InChI=1S/C25H22F4N4O2S2/c1-16-6-12-21(13-7-16)33-23(30-31-24(33)36-15-18-8-10-20(26)11-9-18)17(2)32-37(34,35)22-5-3-4-19(14-22)25(27,28)29/h3-14,17,32H,15H2,1-2H3. The van der Waals surface area contributed by atoms with Crippen LogP contribution in [0.3, 0.4) is 0 Å². The molecule has 0 bridgehead atoms. The summed E-state index contributed by atoms with van der Waals surface area (Å²) in [5.41, 5.74) is 1.48. The molecule has 194 valence electrons. The first-order valence-electron chi connectivity index (χ1n) is 11.0. The molecule has 0 saturated carbocycles. The van der Waals surface area contributed by atoms with Crippen molar-refractivity contribution in [1.82, 2.24) is 19.5 Å². The normalized spacial score (nSPS) is 13.0. The molecule has 1 aromatic heterocycles. The van der Waals surface area contributed by atoms with Crippen LogP contribution in [0.4, 0.5) is 17.6 Å². The molecule has 6 nitrogen and oxygen atoms in total. The highest BCUT2D eigenvalue weighted by molar-refractivity contribution is 7.98. The van der Waals surface area contributed by atoms with Crippen molar-refractivity contribution >= 4 is 21.8 Å². The quantitative estimate of drug-likeness (QED) is 0.213. The second-order valence-electron chi connectivity index (χ2n) is 8.30. The number of halogens is 4. The van der Waals surface area contributed by atoms with Crippen molar-refractivity contribution in [2.75, 3.05) is 0 Å². The lowest BCUT2D eigenvalue weighted by atomic mass is 10.2. The minimum Gasteiger partial charge on any atom is -0.273 e. The molecule has 12 heteroatoms. The maximum atomic E-state index is 13.3. The molecule has 0 aliphatic rings. The summed E-state index contributed by atoms with van der Waals surface area (Å²) in [4.78, 5) is -0.513. The van der Waals surface area contributed by atoms with Gasteiger partial charge in [0.2, 0.25) is 10.0 Å². The molecule has 1 heterocycles. The van der Waals surface area contributed by atoms with Crippen LogP contribution in [0.15, 0.2) is 82.8 Å². The second-order valence-corrected chi connectivity index (χ2v) is 11.0. The number of nitrogens with one attached hydrogen (secondary N) is 1. The largest absolute Gasteiger partial charge is 0.416 e. The maximum Gasteiger partial charge on any atom is 0.416 e. The first-order valence-corrected chi connectivity index (χ1v) is 13.5. The van der Waals surface area contributed by atoms with E-state index in [2.05, 4.69) is 14.9 Å². The molecule has 1 unspecified atom stereocenters. The SMILES string of the molecule is Cc1ccc(-n2c(SCc3ccc(F)cc3)nnc2C(C)NS(=O)(=O)c2cccc(C(F)(F)F)c2)cc1. The van der Waals surface area contributed by atoms with Crippen molar-refractivity contribution in [3.8, 4) is 5.69 Å². The van der Waals surface area contributed by atoms with Gasteiger partial charge in [-0.2, -0.15) is 13.2 Å². The Balaban J connectivity index is 1.65. The van der Waals surface area contributed by atoms with E-state index < -0.39 is 32.7 Å². The first-order chi connectivity index (χ1) is 17.4. The van der Waals surface area contributed by atoms with Crippen molar-refractivity contribution in [2.45, 2.75) is 41.9 Å². The van der Waals surface area contributed by atoms with Gasteiger partial charge in [-0.05, 0) is 61.9 Å². The van der Waals surface area contributed by atoms with Gasteiger partial charge in [0.25, 0.3) is 0 Å². The summed E-state index contributed by atoms with van der Waals surface area (Å²) in [7, 11) is -4.32. The number of sulfonamides is 1. The van der Waals surface area contributed by atoms with Crippen molar-refractivity contribution in [3.63, 3.8) is 0 Å². The summed E-state index contributed by atoms with van der Waals surface area (Å²) >= 11 is 1.33. The Labute approximate surface area is 215 Å². The minimum atomic E-state index is -4.68. The molecule has 3 aromatic carbocycles. The number of hydrogen-bond acceptors (Lipinski definition) is 5. The van der Waals surface area contributed by atoms with Gasteiger partial charge in [0, 0.05) is 11.4 Å². The van der Waals surface area contributed by atoms with E-state index in [0.717, 1.165) is 29.3 Å². The lowest BCUT2D eigenvalue weighted by molar-refractivity contribution is -0.137. The predicted octanol–water partition coefficient (Wildman–Crippen LogP) is 6.07. The highest BCUT2D eigenvalue weighted by Gasteiger charge is 2.32. The smallest absolute Gasteiger partial charge is 0.273 e. The Morgan fingerprint density at radius 1 is 1.00 bits per heavy atom. The van der Waals surface area contributed by atoms with Crippen LogP contribution in [-0.4, -0.2) is 23.2 Å². The van der Waals surface area contributed by atoms with Gasteiger partial charge in [-0.15, -0.1) is 10.2 Å². The number of aryl methyl sites for hydroxylation is 1. The average Bonchev–Trinajstić information content (AvgIpc) is 3.28. The monoisotopic (exact) mass is 550 g/mol. The number of thioether (sulfide) groups is 1. The van der Waals surface area contributed by atoms with Gasteiger partial charge in [-0.3, -0.25) is 4.57 Å². The van der Waals surface area contributed by atoms with E-state index in [9.17, 15) is 26.0 Å². The van der Waals surface area contributed by atoms with Gasteiger partial charge >= 0.3 is 6.18 Å². The lowest BCUT2D eigenvalue weighted by Crippen LogP contribution is -2.29. The van der Waals surface area contributed by atoms with E-state index in [0.29, 0.717) is 22.7 Å². The number of aromatic nitrogens is 3. The van der Waals surface area contributed by atoms with Gasteiger partial charge in [-0.25, -0.2) is 17.5 Å². The highest BCUT2D eigenvalue weighted by Crippen LogP contribution is 2.31. The summed E-state index contributed by atoms with van der Waals surface area (Å²) in [5.74, 6) is 0.357. The Bertz CT molecular complexity index is 1490. The van der Waals surface area contributed by atoms with E-state index in [4.69, 9.17) is 0 Å².